The van der Waals surface area contributed by atoms with E-state index >= 15 is 0 Å². The summed E-state index contributed by atoms with van der Waals surface area (Å²) in [5, 5.41) is 3.61. The summed E-state index contributed by atoms with van der Waals surface area (Å²) >= 11 is 0. The molecular weight excluding hydrogens is 390 g/mol. The highest BCUT2D eigenvalue weighted by Crippen LogP contribution is 2.33. The molecule has 3 heteroatoms. The van der Waals surface area contributed by atoms with E-state index in [9.17, 15) is 0 Å². The van der Waals surface area contributed by atoms with Crippen molar-refractivity contribution < 1.29 is 0 Å². The van der Waals surface area contributed by atoms with Crippen LogP contribution in [0.5, 0.6) is 0 Å². The van der Waals surface area contributed by atoms with Crippen molar-refractivity contribution in [3.63, 3.8) is 0 Å². The number of rotatable bonds is 11. The lowest BCUT2D eigenvalue weighted by atomic mass is 9.84. The number of nitrogens with two attached hydrogens (primary N) is 2. The zero-order chi connectivity index (χ0) is 24.0. The second kappa shape index (κ2) is 12.0. The van der Waals surface area contributed by atoms with Crippen LogP contribution in [0.2, 0.25) is 0 Å². The van der Waals surface area contributed by atoms with Gasteiger partial charge in [0.15, 0.2) is 0 Å². The minimum absolute atomic E-state index is 0.0172. The molecule has 2 aromatic rings. The number of benzene rings is 2. The fourth-order valence-electron chi connectivity index (χ4n) is 4.83. The Bertz CT molecular complexity index is 727. The lowest BCUT2D eigenvalue weighted by molar-refractivity contribution is 0.534. The van der Waals surface area contributed by atoms with Gasteiger partial charge in [-0.05, 0) is 70.0 Å². The van der Waals surface area contributed by atoms with E-state index in [1.165, 1.54) is 33.4 Å². The summed E-state index contributed by atoms with van der Waals surface area (Å²) in [7, 11) is 0. The van der Waals surface area contributed by atoms with E-state index in [1.807, 2.05) is 0 Å². The van der Waals surface area contributed by atoms with Gasteiger partial charge in [0.25, 0.3) is 0 Å². The lowest BCUT2D eigenvalue weighted by Crippen LogP contribution is -2.31. The first kappa shape index (κ1) is 26.6. The number of hydrogen-bond acceptors (Lipinski definition) is 3. The quantitative estimate of drug-likeness (QED) is 0.336. The highest BCUT2D eigenvalue weighted by Gasteiger charge is 2.21. The summed E-state index contributed by atoms with van der Waals surface area (Å²) < 4.78 is 0. The maximum absolute atomic E-state index is 6.76. The molecule has 0 saturated heterocycles. The van der Waals surface area contributed by atoms with Crippen LogP contribution in [0.15, 0.2) is 36.4 Å². The van der Waals surface area contributed by atoms with Crippen molar-refractivity contribution in [2.45, 2.75) is 97.6 Å². The van der Waals surface area contributed by atoms with Crippen LogP contribution in [0.1, 0.15) is 131 Å². The van der Waals surface area contributed by atoms with Crippen LogP contribution in [-0.4, -0.2) is 13.1 Å². The Balaban J connectivity index is 2.09. The normalized spacial score (nSPS) is 14.1. The molecule has 2 aromatic carbocycles. The van der Waals surface area contributed by atoms with Crippen LogP contribution in [0, 0.1) is 0 Å². The van der Waals surface area contributed by atoms with Crippen LogP contribution in [0.25, 0.3) is 0 Å². The summed E-state index contributed by atoms with van der Waals surface area (Å²) in [5.41, 5.74) is 21.7. The molecule has 0 fully saturated rings. The van der Waals surface area contributed by atoms with Crippen molar-refractivity contribution >= 4 is 0 Å². The summed E-state index contributed by atoms with van der Waals surface area (Å²) in [5.74, 6) is 1.87. The largest absolute Gasteiger partial charge is 0.324 e. The molecule has 3 nitrogen and oxygen atoms in total. The van der Waals surface area contributed by atoms with Crippen molar-refractivity contribution in [3.8, 4) is 0 Å². The molecule has 2 atom stereocenters. The zero-order valence-electron chi connectivity index (χ0n) is 21.7. The molecule has 0 radical (unpaired) electrons. The SMILES string of the molecule is CC(C)c1cccc(C(C)C)c1C(N)CCNCC(N)c1c(C(C)C)cccc1C(C)C. The summed E-state index contributed by atoms with van der Waals surface area (Å²) in [4.78, 5) is 0. The molecule has 0 amide bonds. The monoisotopic (exact) mass is 437 g/mol. The maximum Gasteiger partial charge on any atom is 0.0427 e. The van der Waals surface area contributed by atoms with Crippen molar-refractivity contribution in [2.24, 2.45) is 11.5 Å². The first-order chi connectivity index (χ1) is 15.1. The summed E-state index contributed by atoms with van der Waals surface area (Å²) in [6.07, 6.45) is 0.902. The van der Waals surface area contributed by atoms with E-state index < -0.39 is 0 Å². The average Bonchev–Trinajstić information content (AvgIpc) is 2.74. The Labute approximate surface area is 197 Å². The van der Waals surface area contributed by atoms with Gasteiger partial charge in [0.1, 0.15) is 0 Å². The minimum Gasteiger partial charge on any atom is -0.324 e. The molecule has 178 valence electrons. The molecule has 0 aliphatic rings. The van der Waals surface area contributed by atoms with Gasteiger partial charge in [0, 0.05) is 18.6 Å². The second-order valence-corrected chi connectivity index (χ2v) is 10.5. The van der Waals surface area contributed by atoms with Gasteiger partial charge in [-0.1, -0.05) is 91.8 Å². The van der Waals surface area contributed by atoms with Crippen LogP contribution in [0.4, 0.5) is 0 Å². The average molecular weight is 438 g/mol. The van der Waals surface area contributed by atoms with Crippen molar-refractivity contribution in [2.75, 3.05) is 13.1 Å². The summed E-state index contributed by atoms with van der Waals surface area (Å²) in [6.45, 7) is 19.6. The Morgan fingerprint density at radius 1 is 0.594 bits per heavy atom. The third kappa shape index (κ3) is 6.43. The van der Waals surface area contributed by atoms with Gasteiger partial charge >= 0.3 is 0 Å². The Morgan fingerprint density at radius 3 is 1.28 bits per heavy atom. The van der Waals surface area contributed by atoms with E-state index in [0.717, 1.165) is 19.5 Å². The van der Waals surface area contributed by atoms with E-state index in [4.69, 9.17) is 11.5 Å². The van der Waals surface area contributed by atoms with Crippen molar-refractivity contribution in [1.82, 2.24) is 5.32 Å². The maximum atomic E-state index is 6.76. The molecule has 2 unspecified atom stereocenters. The fourth-order valence-corrected chi connectivity index (χ4v) is 4.83. The number of hydrogen-bond donors (Lipinski definition) is 3. The third-order valence-electron chi connectivity index (χ3n) is 6.57. The molecule has 0 spiro atoms. The molecule has 0 aliphatic heterocycles. The molecule has 0 bridgehead atoms. The van der Waals surface area contributed by atoms with Gasteiger partial charge in [-0.3, -0.25) is 0 Å². The third-order valence-corrected chi connectivity index (χ3v) is 6.57. The first-order valence-electron chi connectivity index (χ1n) is 12.5. The Kier molecular flexibility index (Phi) is 9.94. The van der Waals surface area contributed by atoms with Gasteiger partial charge in [0.2, 0.25) is 0 Å². The summed E-state index contributed by atoms with van der Waals surface area (Å²) in [6, 6.07) is 13.3. The highest BCUT2D eigenvalue weighted by molar-refractivity contribution is 5.42. The van der Waals surface area contributed by atoms with Gasteiger partial charge in [-0.25, -0.2) is 0 Å². The molecular formula is C29H47N3. The lowest BCUT2D eigenvalue weighted by Gasteiger charge is -2.26. The fraction of sp³-hybridized carbons (Fsp3) is 0.586. The smallest absolute Gasteiger partial charge is 0.0427 e. The van der Waals surface area contributed by atoms with Gasteiger partial charge in [-0.2, -0.15) is 0 Å². The predicted octanol–water partition coefficient (Wildman–Crippen LogP) is 6.86. The topological polar surface area (TPSA) is 64.1 Å². The highest BCUT2D eigenvalue weighted by atomic mass is 14.9. The van der Waals surface area contributed by atoms with Crippen LogP contribution in [-0.2, 0) is 0 Å². The van der Waals surface area contributed by atoms with Crippen molar-refractivity contribution in [3.05, 3.63) is 69.8 Å². The van der Waals surface area contributed by atoms with Crippen LogP contribution >= 0.6 is 0 Å². The molecule has 0 aliphatic carbocycles. The van der Waals surface area contributed by atoms with Crippen LogP contribution < -0.4 is 16.8 Å². The van der Waals surface area contributed by atoms with E-state index in [2.05, 4.69) is 97.1 Å². The minimum atomic E-state index is -0.0172. The molecule has 2 rings (SSSR count). The number of nitrogens with one attached hydrogen (secondary N) is 1. The molecule has 0 aromatic heterocycles. The van der Waals surface area contributed by atoms with Crippen LogP contribution in [0.3, 0.4) is 0 Å². The second-order valence-electron chi connectivity index (χ2n) is 10.5. The van der Waals surface area contributed by atoms with Gasteiger partial charge in [0.05, 0.1) is 0 Å². The first-order valence-corrected chi connectivity index (χ1v) is 12.5. The Hall–Kier alpha value is -1.68. The van der Waals surface area contributed by atoms with Crippen molar-refractivity contribution in [1.29, 1.82) is 0 Å². The van der Waals surface area contributed by atoms with E-state index in [0.29, 0.717) is 23.7 Å². The molecule has 32 heavy (non-hydrogen) atoms. The van der Waals surface area contributed by atoms with Gasteiger partial charge in [-0.15, -0.1) is 0 Å². The molecule has 0 heterocycles. The zero-order valence-corrected chi connectivity index (χ0v) is 21.7. The van der Waals surface area contributed by atoms with Gasteiger partial charge < -0.3 is 16.8 Å². The van der Waals surface area contributed by atoms with E-state index in [1.54, 1.807) is 0 Å². The van der Waals surface area contributed by atoms with E-state index in [-0.39, 0.29) is 12.1 Å². The molecule has 5 N–H and O–H groups in total. The molecule has 0 saturated carbocycles. The Morgan fingerprint density at radius 2 is 0.938 bits per heavy atom. The standard InChI is InChI=1S/C29H47N3/c1-18(2)22-11-9-12-23(19(3)4)28(22)26(30)15-16-32-17-27(31)29-24(20(5)6)13-10-14-25(29)21(7)8/h9-14,18-21,26-27,32H,15-17,30-31H2,1-8H3. The predicted molar refractivity (Wildman–Crippen MR) is 141 cm³/mol.